The van der Waals surface area contributed by atoms with E-state index in [2.05, 4.69) is 10.3 Å². The molecule has 1 aromatic carbocycles. The molecule has 0 radical (unpaired) electrons. The van der Waals surface area contributed by atoms with Crippen LogP contribution in [0.1, 0.15) is 48.0 Å². The van der Waals surface area contributed by atoms with E-state index < -0.39 is 11.6 Å². The molecule has 1 amide bonds. The number of halogens is 2. The summed E-state index contributed by atoms with van der Waals surface area (Å²) in [5, 5.41) is 3.82. The lowest BCUT2D eigenvalue weighted by molar-refractivity contribution is 0.0938. The third-order valence-corrected chi connectivity index (χ3v) is 7.36. The molecule has 2 bridgehead atoms. The number of hydrogen-bond acceptors (Lipinski definition) is 3. The highest BCUT2D eigenvalue weighted by Crippen LogP contribution is 2.47. The molecule has 0 spiro atoms. The predicted molar refractivity (Wildman–Crippen MR) is 111 cm³/mol. The fourth-order valence-electron chi connectivity index (χ4n) is 4.78. The minimum Gasteiger partial charge on any atom is -0.352 e. The number of nitrogens with zero attached hydrogens (tertiary/aromatic N) is 1. The van der Waals surface area contributed by atoms with Crippen molar-refractivity contribution >= 4 is 17.7 Å². The number of pyridine rings is 1. The summed E-state index contributed by atoms with van der Waals surface area (Å²) < 4.78 is 26.7. The van der Waals surface area contributed by atoms with E-state index in [4.69, 9.17) is 0 Å². The number of rotatable bonds is 8. The van der Waals surface area contributed by atoms with Crippen molar-refractivity contribution in [3.8, 4) is 0 Å². The average molecular weight is 417 g/mol. The maximum atomic E-state index is 13.7. The van der Waals surface area contributed by atoms with Crippen LogP contribution in [-0.2, 0) is 6.42 Å². The van der Waals surface area contributed by atoms with Gasteiger partial charge < -0.3 is 5.32 Å². The smallest absolute Gasteiger partial charge is 0.254 e. The maximum absolute atomic E-state index is 13.7. The van der Waals surface area contributed by atoms with Gasteiger partial charge in [-0.25, -0.2) is 13.8 Å². The van der Waals surface area contributed by atoms with Crippen LogP contribution in [-0.4, -0.2) is 23.2 Å². The maximum Gasteiger partial charge on any atom is 0.254 e. The van der Waals surface area contributed by atoms with Crippen molar-refractivity contribution in [1.82, 2.24) is 10.3 Å². The molecule has 2 aliphatic rings. The van der Waals surface area contributed by atoms with Gasteiger partial charge in [-0.2, -0.15) is 0 Å². The van der Waals surface area contributed by atoms with Crippen molar-refractivity contribution in [2.75, 3.05) is 12.3 Å². The number of amides is 1. The molecule has 2 saturated carbocycles. The van der Waals surface area contributed by atoms with Gasteiger partial charge in [0.25, 0.3) is 5.91 Å². The van der Waals surface area contributed by atoms with Gasteiger partial charge in [0.05, 0.1) is 5.56 Å². The van der Waals surface area contributed by atoms with E-state index in [9.17, 15) is 13.6 Å². The SMILES string of the molecule is O=C(NCC1CC2CCC1C2)c1cccnc1SCCCc1ccc(F)cc1F. The van der Waals surface area contributed by atoms with Crippen LogP contribution in [0.5, 0.6) is 0 Å². The van der Waals surface area contributed by atoms with Gasteiger partial charge in [0.15, 0.2) is 0 Å². The van der Waals surface area contributed by atoms with Gasteiger partial charge in [-0.3, -0.25) is 4.79 Å². The molecule has 3 nitrogen and oxygen atoms in total. The van der Waals surface area contributed by atoms with E-state index in [1.807, 2.05) is 6.07 Å². The fraction of sp³-hybridized carbons (Fsp3) is 0.478. The summed E-state index contributed by atoms with van der Waals surface area (Å²) in [7, 11) is 0. The van der Waals surface area contributed by atoms with Gasteiger partial charge >= 0.3 is 0 Å². The van der Waals surface area contributed by atoms with Crippen molar-refractivity contribution in [2.45, 2.75) is 43.6 Å². The first-order valence-corrected chi connectivity index (χ1v) is 11.4. The molecule has 0 aliphatic heterocycles. The van der Waals surface area contributed by atoms with Crippen molar-refractivity contribution < 1.29 is 13.6 Å². The zero-order chi connectivity index (χ0) is 20.2. The Balaban J connectivity index is 1.27. The van der Waals surface area contributed by atoms with E-state index in [0.717, 1.165) is 30.9 Å². The van der Waals surface area contributed by atoms with E-state index in [-0.39, 0.29) is 5.91 Å². The van der Waals surface area contributed by atoms with Crippen LogP contribution in [0.25, 0.3) is 0 Å². The number of benzene rings is 1. The first kappa shape index (κ1) is 20.3. The number of fused-ring (bicyclic) bond motifs is 2. The number of hydrogen-bond donors (Lipinski definition) is 1. The predicted octanol–water partition coefficient (Wildman–Crippen LogP) is 5.25. The Bertz CT molecular complexity index is 876. The molecule has 1 aromatic heterocycles. The molecule has 2 aromatic rings. The lowest BCUT2D eigenvalue weighted by Crippen LogP contribution is -2.32. The van der Waals surface area contributed by atoms with Crippen LogP contribution in [0, 0.1) is 29.4 Å². The summed E-state index contributed by atoms with van der Waals surface area (Å²) in [5.74, 6) is 1.86. The molecular formula is C23H26F2N2OS. The third-order valence-electron chi connectivity index (χ3n) is 6.27. The fourth-order valence-corrected chi connectivity index (χ4v) is 5.71. The van der Waals surface area contributed by atoms with Crippen LogP contribution < -0.4 is 5.32 Å². The van der Waals surface area contributed by atoms with E-state index in [0.29, 0.717) is 34.2 Å². The molecule has 29 heavy (non-hydrogen) atoms. The van der Waals surface area contributed by atoms with Crippen molar-refractivity contribution in [3.05, 3.63) is 59.3 Å². The lowest BCUT2D eigenvalue weighted by atomic mass is 9.89. The number of aromatic nitrogens is 1. The van der Waals surface area contributed by atoms with Crippen molar-refractivity contribution in [1.29, 1.82) is 0 Å². The van der Waals surface area contributed by atoms with E-state index in [1.54, 1.807) is 12.3 Å². The molecule has 1 heterocycles. The Kier molecular flexibility index (Phi) is 6.48. The number of aryl methyl sites for hydroxylation is 1. The molecule has 1 N–H and O–H groups in total. The summed E-state index contributed by atoms with van der Waals surface area (Å²) in [6.45, 7) is 0.753. The highest BCUT2D eigenvalue weighted by atomic mass is 32.2. The molecular weight excluding hydrogens is 390 g/mol. The van der Waals surface area contributed by atoms with Gasteiger partial charge in [0.2, 0.25) is 0 Å². The second-order valence-corrected chi connectivity index (χ2v) is 9.27. The molecule has 154 valence electrons. The summed E-state index contributed by atoms with van der Waals surface area (Å²) >= 11 is 1.51. The highest BCUT2D eigenvalue weighted by molar-refractivity contribution is 7.99. The van der Waals surface area contributed by atoms with Gasteiger partial charge in [0.1, 0.15) is 16.7 Å². The molecule has 0 saturated heterocycles. The monoisotopic (exact) mass is 416 g/mol. The largest absolute Gasteiger partial charge is 0.352 e. The molecule has 2 fully saturated rings. The first-order chi connectivity index (χ1) is 14.1. The third kappa shape index (κ3) is 4.97. The Morgan fingerprint density at radius 3 is 2.86 bits per heavy atom. The normalized spacial score (nSPS) is 22.8. The zero-order valence-electron chi connectivity index (χ0n) is 16.4. The van der Waals surface area contributed by atoms with Crippen LogP contribution in [0.15, 0.2) is 41.6 Å². The second-order valence-electron chi connectivity index (χ2n) is 8.19. The Hall–Kier alpha value is -1.95. The topological polar surface area (TPSA) is 42.0 Å². The Labute approximate surface area is 174 Å². The minimum atomic E-state index is -0.560. The molecule has 3 unspecified atom stereocenters. The summed E-state index contributed by atoms with van der Waals surface area (Å²) in [6.07, 6.45) is 8.19. The van der Waals surface area contributed by atoms with E-state index >= 15 is 0 Å². The minimum absolute atomic E-state index is 0.0621. The van der Waals surface area contributed by atoms with Crippen LogP contribution >= 0.6 is 11.8 Å². The average Bonchev–Trinajstić information content (AvgIpc) is 3.34. The summed E-state index contributed by atoms with van der Waals surface area (Å²) in [5.41, 5.74) is 1.12. The van der Waals surface area contributed by atoms with Gasteiger partial charge in [-0.15, -0.1) is 11.8 Å². The first-order valence-electron chi connectivity index (χ1n) is 10.4. The molecule has 2 aliphatic carbocycles. The van der Waals surface area contributed by atoms with Gasteiger partial charge in [0, 0.05) is 18.8 Å². The molecule has 3 atom stereocenters. The number of nitrogens with one attached hydrogen (secondary N) is 1. The standard InChI is InChI=1S/C23H26F2N2OS/c24-19-8-7-16(21(25)13-19)3-2-10-29-23-20(4-1-9-26-23)22(28)27-14-18-12-15-5-6-17(18)11-15/h1,4,7-9,13,15,17-18H,2-3,5-6,10-12,14H2,(H,27,28). The molecule has 4 rings (SSSR count). The van der Waals surface area contributed by atoms with Crippen LogP contribution in [0.2, 0.25) is 0 Å². The Morgan fingerprint density at radius 2 is 2.10 bits per heavy atom. The Morgan fingerprint density at radius 1 is 1.21 bits per heavy atom. The van der Waals surface area contributed by atoms with Gasteiger partial charge in [-0.1, -0.05) is 12.5 Å². The summed E-state index contributed by atoms with van der Waals surface area (Å²) in [4.78, 5) is 17.1. The zero-order valence-corrected chi connectivity index (χ0v) is 17.2. The number of carbonyl (C=O) groups excluding carboxylic acids is 1. The van der Waals surface area contributed by atoms with Crippen LogP contribution in [0.4, 0.5) is 8.78 Å². The lowest BCUT2D eigenvalue weighted by Gasteiger charge is -2.22. The van der Waals surface area contributed by atoms with Crippen molar-refractivity contribution in [2.24, 2.45) is 17.8 Å². The second kappa shape index (κ2) is 9.24. The van der Waals surface area contributed by atoms with Crippen molar-refractivity contribution in [3.63, 3.8) is 0 Å². The highest BCUT2D eigenvalue weighted by Gasteiger charge is 2.39. The molecule has 6 heteroatoms. The van der Waals surface area contributed by atoms with Gasteiger partial charge in [-0.05, 0) is 79.4 Å². The quantitative estimate of drug-likeness (QED) is 0.472. The summed E-state index contributed by atoms with van der Waals surface area (Å²) in [6, 6.07) is 7.28. The van der Waals surface area contributed by atoms with E-state index in [1.165, 1.54) is 49.6 Å². The number of thioether (sulfide) groups is 1. The number of carbonyl (C=O) groups is 1. The van der Waals surface area contributed by atoms with Crippen LogP contribution in [0.3, 0.4) is 0 Å².